The summed E-state index contributed by atoms with van der Waals surface area (Å²) in [5, 5.41) is 3.32. The Labute approximate surface area is 166 Å². The van der Waals surface area contributed by atoms with Crippen LogP contribution in [0.15, 0.2) is 60.7 Å². The van der Waals surface area contributed by atoms with Crippen LogP contribution in [0, 0.1) is 6.92 Å². The number of nitrogens with one attached hydrogen (secondary N) is 1. The predicted octanol–water partition coefficient (Wildman–Crippen LogP) is 4.44. The van der Waals surface area contributed by atoms with E-state index in [9.17, 15) is 0 Å². The Morgan fingerprint density at radius 3 is 2.36 bits per heavy atom. The van der Waals surface area contributed by atoms with Gasteiger partial charge in [-0.05, 0) is 50.2 Å². The van der Waals surface area contributed by atoms with Gasteiger partial charge in [0.15, 0.2) is 0 Å². The average Bonchev–Trinajstić information content (AvgIpc) is 2.73. The van der Waals surface area contributed by atoms with Crippen LogP contribution in [0.3, 0.4) is 0 Å². The lowest BCUT2D eigenvalue weighted by atomic mass is 10.3. The Hall–Kier alpha value is -3.28. The van der Waals surface area contributed by atoms with Crippen LogP contribution in [-0.2, 0) is 0 Å². The molecule has 0 unspecified atom stereocenters. The lowest BCUT2D eigenvalue weighted by Gasteiger charge is -2.22. The zero-order valence-electron chi connectivity index (χ0n) is 16.6. The van der Waals surface area contributed by atoms with Gasteiger partial charge in [-0.3, -0.25) is 0 Å². The summed E-state index contributed by atoms with van der Waals surface area (Å²) in [5.74, 6) is 3.10. The minimum atomic E-state index is 0.529. The Morgan fingerprint density at radius 1 is 0.964 bits per heavy atom. The molecule has 0 saturated heterocycles. The molecule has 146 valence electrons. The number of benzene rings is 2. The number of para-hydroxylation sites is 1. The van der Waals surface area contributed by atoms with Crippen molar-refractivity contribution in [3.63, 3.8) is 0 Å². The summed E-state index contributed by atoms with van der Waals surface area (Å²) in [6.45, 7) is 6.02. The summed E-state index contributed by atoms with van der Waals surface area (Å²) < 4.78 is 10.9. The molecule has 0 bridgehead atoms. The van der Waals surface area contributed by atoms with Crippen molar-refractivity contribution in [2.45, 2.75) is 13.8 Å². The van der Waals surface area contributed by atoms with Crippen LogP contribution in [0.4, 0.5) is 17.5 Å². The van der Waals surface area contributed by atoms with Gasteiger partial charge in [0.1, 0.15) is 23.9 Å². The zero-order valence-corrected chi connectivity index (χ0v) is 16.6. The lowest BCUT2D eigenvalue weighted by molar-refractivity contribution is 0.331. The highest BCUT2D eigenvalue weighted by Crippen LogP contribution is 2.23. The van der Waals surface area contributed by atoms with Gasteiger partial charge in [-0.15, -0.1) is 0 Å². The van der Waals surface area contributed by atoms with E-state index in [-0.39, 0.29) is 0 Å². The Balaban J connectivity index is 1.61. The Morgan fingerprint density at radius 2 is 1.68 bits per heavy atom. The highest BCUT2D eigenvalue weighted by molar-refractivity contribution is 5.58. The smallest absolute Gasteiger partial charge is 0.232 e. The maximum Gasteiger partial charge on any atom is 0.232 e. The molecule has 0 aliphatic carbocycles. The van der Waals surface area contributed by atoms with Gasteiger partial charge in [0.2, 0.25) is 5.95 Å². The second-order valence-corrected chi connectivity index (χ2v) is 6.23. The van der Waals surface area contributed by atoms with Gasteiger partial charge in [-0.1, -0.05) is 18.2 Å². The summed E-state index contributed by atoms with van der Waals surface area (Å²) in [6, 6.07) is 19.6. The Bertz CT molecular complexity index is 869. The van der Waals surface area contributed by atoms with Gasteiger partial charge >= 0.3 is 0 Å². The van der Waals surface area contributed by atoms with Crippen LogP contribution >= 0.6 is 0 Å². The minimum Gasteiger partial charge on any atom is -0.497 e. The van der Waals surface area contributed by atoms with Crippen molar-refractivity contribution in [1.82, 2.24) is 9.97 Å². The van der Waals surface area contributed by atoms with Gasteiger partial charge in [0, 0.05) is 24.0 Å². The first-order valence-electron chi connectivity index (χ1n) is 9.38. The fourth-order valence-electron chi connectivity index (χ4n) is 2.83. The van der Waals surface area contributed by atoms with Crippen molar-refractivity contribution in [2.24, 2.45) is 0 Å². The largest absolute Gasteiger partial charge is 0.497 e. The monoisotopic (exact) mass is 378 g/mol. The van der Waals surface area contributed by atoms with E-state index < -0.39 is 0 Å². The molecule has 1 heterocycles. The number of rotatable bonds is 9. The zero-order chi connectivity index (χ0) is 19.8. The van der Waals surface area contributed by atoms with Crippen molar-refractivity contribution in [2.75, 3.05) is 37.0 Å². The summed E-state index contributed by atoms with van der Waals surface area (Å²) >= 11 is 0. The molecular weight excluding hydrogens is 352 g/mol. The molecule has 28 heavy (non-hydrogen) atoms. The number of ether oxygens (including phenoxy) is 2. The minimum absolute atomic E-state index is 0.529. The first kappa shape index (κ1) is 19.5. The fraction of sp³-hybridized carbons (Fsp3) is 0.273. The molecule has 3 rings (SSSR count). The van der Waals surface area contributed by atoms with Crippen molar-refractivity contribution in [1.29, 1.82) is 0 Å². The molecule has 0 fully saturated rings. The van der Waals surface area contributed by atoms with Crippen LogP contribution in [0.5, 0.6) is 11.5 Å². The molecule has 0 aliphatic heterocycles. The van der Waals surface area contributed by atoms with Crippen LogP contribution in [0.25, 0.3) is 0 Å². The van der Waals surface area contributed by atoms with E-state index in [0.29, 0.717) is 19.1 Å². The second kappa shape index (κ2) is 9.60. The number of nitrogens with zero attached hydrogens (tertiary/aromatic N) is 3. The topological polar surface area (TPSA) is 59.5 Å². The van der Waals surface area contributed by atoms with Crippen LogP contribution < -0.4 is 19.7 Å². The molecule has 0 spiro atoms. The number of hydrogen-bond acceptors (Lipinski definition) is 6. The third-order valence-corrected chi connectivity index (χ3v) is 4.20. The maximum absolute atomic E-state index is 5.75. The average molecular weight is 378 g/mol. The number of hydrogen-bond donors (Lipinski definition) is 1. The van der Waals surface area contributed by atoms with E-state index in [1.165, 1.54) is 0 Å². The molecule has 6 nitrogen and oxygen atoms in total. The first-order chi connectivity index (χ1) is 13.7. The number of methoxy groups -OCH3 is 1. The summed E-state index contributed by atoms with van der Waals surface area (Å²) in [6.07, 6.45) is 0. The quantitative estimate of drug-likeness (QED) is 0.556. The third kappa shape index (κ3) is 5.13. The van der Waals surface area contributed by atoms with E-state index in [0.717, 1.165) is 35.2 Å². The summed E-state index contributed by atoms with van der Waals surface area (Å²) in [7, 11) is 1.65. The SMILES string of the molecule is CCN(c1ccccc1)c1nc(C)cc(NCCOc2ccc(OC)cc2)n1. The predicted molar refractivity (Wildman–Crippen MR) is 113 cm³/mol. The maximum atomic E-state index is 5.75. The molecule has 2 aromatic carbocycles. The van der Waals surface area contributed by atoms with E-state index in [2.05, 4.69) is 39.2 Å². The molecule has 6 heteroatoms. The van der Waals surface area contributed by atoms with Crippen molar-refractivity contribution in [3.8, 4) is 11.5 Å². The first-order valence-corrected chi connectivity index (χ1v) is 9.38. The molecule has 3 aromatic rings. The Kier molecular flexibility index (Phi) is 6.68. The van der Waals surface area contributed by atoms with Gasteiger partial charge < -0.3 is 19.7 Å². The molecule has 1 N–H and O–H groups in total. The van der Waals surface area contributed by atoms with Gasteiger partial charge in [0.05, 0.1) is 13.7 Å². The molecular formula is C22H26N4O2. The number of aryl methyl sites for hydroxylation is 1. The van der Waals surface area contributed by atoms with Crippen molar-refractivity contribution in [3.05, 3.63) is 66.4 Å². The van der Waals surface area contributed by atoms with E-state index in [1.54, 1.807) is 7.11 Å². The molecule has 0 atom stereocenters. The molecule has 1 aromatic heterocycles. The summed E-state index contributed by atoms with van der Waals surface area (Å²) in [4.78, 5) is 11.4. The van der Waals surface area contributed by atoms with Gasteiger partial charge in [0.25, 0.3) is 0 Å². The van der Waals surface area contributed by atoms with E-state index in [4.69, 9.17) is 9.47 Å². The van der Waals surface area contributed by atoms with Crippen LogP contribution in [0.2, 0.25) is 0 Å². The van der Waals surface area contributed by atoms with E-state index in [1.807, 2.05) is 55.5 Å². The van der Waals surface area contributed by atoms with Crippen LogP contribution in [-0.4, -0.2) is 36.8 Å². The number of anilines is 3. The molecule has 0 aliphatic rings. The highest BCUT2D eigenvalue weighted by atomic mass is 16.5. The fourth-order valence-corrected chi connectivity index (χ4v) is 2.83. The normalized spacial score (nSPS) is 10.4. The summed E-state index contributed by atoms with van der Waals surface area (Å²) in [5.41, 5.74) is 1.99. The van der Waals surface area contributed by atoms with Crippen molar-refractivity contribution >= 4 is 17.5 Å². The van der Waals surface area contributed by atoms with Gasteiger partial charge in [-0.2, -0.15) is 4.98 Å². The second-order valence-electron chi connectivity index (χ2n) is 6.23. The molecule has 0 saturated carbocycles. The van der Waals surface area contributed by atoms with Crippen molar-refractivity contribution < 1.29 is 9.47 Å². The molecule has 0 amide bonds. The lowest BCUT2D eigenvalue weighted by Crippen LogP contribution is -2.20. The van der Waals surface area contributed by atoms with Crippen LogP contribution in [0.1, 0.15) is 12.6 Å². The standard InChI is InChI=1S/C22H26N4O2/c1-4-26(18-8-6-5-7-9-18)22-24-17(2)16-21(25-22)23-14-15-28-20-12-10-19(27-3)11-13-20/h5-13,16H,4,14-15H2,1-3H3,(H,23,24,25). The molecule has 0 radical (unpaired) electrons. The number of aromatic nitrogens is 2. The van der Waals surface area contributed by atoms with Gasteiger partial charge in [-0.25, -0.2) is 4.98 Å². The van der Waals surface area contributed by atoms with E-state index >= 15 is 0 Å². The third-order valence-electron chi connectivity index (χ3n) is 4.20. The highest BCUT2D eigenvalue weighted by Gasteiger charge is 2.11.